The number of carboxylic acid groups (broad SMARTS) is 1. The van der Waals surface area contributed by atoms with Crippen LogP contribution >= 0.6 is 15.9 Å². The van der Waals surface area contributed by atoms with Gasteiger partial charge in [0, 0.05) is 66.6 Å². The number of aliphatic carboxylic acids is 1. The number of morpholine rings is 2. The molecule has 274 valence electrons. The summed E-state index contributed by atoms with van der Waals surface area (Å²) in [6, 6.07) is 0. The van der Waals surface area contributed by atoms with Crippen LogP contribution in [0.4, 0.5) is 0 Å². The van der Waals surface area contributed by atoms with Gasteiger partial charge in [-0.15, -0.1) is 0 Å². The molecule has 2 aromatic heterocycles. The molecule has 3 aliphatic heterocycles. The number of halogens is 1. The van der Waals surface area contributed by atoms with Gasteiger partial charge in [0.2, 0.25) is 5.91 Å². The zero-order valence-corrected chi connectivity index (χ0v) is 31.2. The van der Waals surface area contributed by atoms with Crippen LogP contribution in [-0.4, -0.2) is 132 Å². The van der Waals surface area contributed by atoms with E-state index < -0.39 is 5.97 Å². The lowest BCUT2D eigenvalue weighted by Crippen LogP contribution is -2.48. The highest BCUT2D eigenvalue weighted by atomic mass is 79.9. The molecule has 0 bridgehead atoms. The van der Waals surface area contributed by atoms with Crippen LogP contribution in [0.1, 0.15) is 96.9 Å². The summed E-state index contributed by atoms with van der Waals surface area (Å²) in [5.41, 5.74) is 4.92. The van der Waals surface area contributed by atoms with E-state index in [9.17, 15) is 19.2 Å². The number of carbonyl (C=O) groups is 4. The third-order valence-electron chi connectivity index (χ3n) is 10.2. The van der Waals surface area contributed by atoms with Crippen LogP contribution in [0, 0.1) is 0 Å². The Hall–Kier alpha value is -3.30. The second-order valence-corrected chi connectivity index (χ2v) is 15.7. The maximum absolute atomic E-state index is 13.2. The smallest absolute Gasteiger partial charge is 0.325 e. The Morgan fingerprint density at radius 2 is 1.10 bits per heavy atom. The van der Waals surface area contributed by atoms with Crippen LogP contribution in [0.2, 0.25) is 0 Å². The summed E-state index contributed by atoms with van der Waals surface area (Å²) in [5, 5.41) is 17.9. The summed E-state index contributed by atoms with van der Waals surface area (Å²) >= 11 is 3.63. The predicted molar refractivity (Wildman–Crippen MR) is 186 cm³/mol. The first kappa shape index (κ1) is 36.5. The molecule has 0 spiro atoms. The normalized spacial score (nSPS) is 25.2. The van der Waals surface area contributed by atoms with Crippen molar-refractivity contribution in [2.24, 2.45) is 0 Å². The Morgan fingerprint density at radius 3 is 1.52 bits per heavy atom. The lowest BCUT2D eigenvalue weighted by Gasteiger charge is -2.35. The quantitative estimate of drug-likeness (QED) is 0.439. The van der Waals surface area contributed by atoms with Crippen molar-refractivity contribution in [3.63, 3.8) is 0 Å². The molecule has 50 heavy (non-hydrogen) atoms. The highest BCUT2D eigenvalue weighted by Gasteiger charge is 2.35. The van der Waals surface area contributed by atoms with Gasteiger partial charge in [0.1, 0.15) is 13.1 Å². The van der Waals surface area contributed by atoms with E-state index in [1.165, 1.54) is 4.68 Å². The number of alkyl halides is 1. The molecule has 2 aliphatic carbocycles. The molecule has 5 heterocycles. The van der Waals surface area contributed by atoms with Gasteiger partial charge in [-0.05, 0) is 79.1 Å². The van der Waals surface area contributed by atoms with Gasteiger partial charge in [0.25, 0.3) is 11.8 Å². The molecule has 15 heteroatoms. The lowest BCUT2D eigenvalue weighted by molar-refractivity contribution is -0.138. The lowest BCUT2D eigenvalue weighted by atomic mass is 10.1. The number of amides is 3. The third kappa shape index (κ3) is 8.09. The molecule has 3 saturated heterocycles. The standard InChI is InChI=1S/C20H29BrN4O3.C15H21N3O4/c1-13-10-24(11-14(2)28-13)20(27)19-16-4-3-5-17(16)25(22-19)12-18(26)23-8-6-15(21)7-9-23;1-9-6-17(7-10(2)22-9)15(21)14-11-4-3-5-12(11)18(16-14)8-13(19)20/h13-15H,3-12H2,1-2H3;9-10H,3-8H2,1-2H3,(H,19,20)/t13-,14+;9-,10+. The first-order chi connectivity index (χ1) is 23.9. The van der Waals surface area contributed by atoms with Gasteiger partial charge in [-0.25, -0.2) is 0 Å². The number of aromatic nitrogens is 4. The number of hydrogen-bond acceptors (Lipinski definition) is 8. The fourth-order valence-corrected chi connectivity index (χ4v) is 8.47. The topological polar surface area (TPSA) is 152 Å². The van der Waals surface area contributed by atoms with Gasteiger partial charge >= 0.3 is 5.97 Å². The van der Waals surface area contributed by atoms with Crippen molar-refractivity contribution in [2.75, 3.05) is 39.3 Å². The van der Waals surface area contributed by atoms with Crippen molar-refractivity contribution < 1.29 is 33.8 Å². The molecular weight excluding hydrogens is 710 g/mol. The fourth-order valence-electron chi connectivity index (χ4n) is 8.06. The Morgan fingerprint density at radius 1 is 0.680 bits per heavy atom. The van der Waals surface area contributed by atoms with E-state index in [1.807, 2.05) is 37.5 Å². The monoisotopic (exact) mass is 759 g/mol. The summed E-state index contributed by atoms with van der Waals surface area (Å²) in [6.07, 6.45) is 7.35. The van der Waals surface area contributed by atoms with Gasteiger partial charge in [0.05, 0.1) is 24.4 Å². The van der Waals surface area contributed by atoms with Gasteiger partial charge in [0.15, 0.2) is 11.4 Å². The van der Waals surface area contributed by atoms with E-state index in [0.717, 1.165) is 87.0 Å². The Kier molecular flexibility index (Phi) is 11.3. The summed E-state index contributed by atoms with van der Waals surface area (Å²) in [7, 11) is 0. The minimum Gasteiger partial charge on any atom is -0.480 e. The van der Waals surface area contributed by atoms with Crippen molar-refractivity contribution >= 4 is 39.6 Å². The largest absolute Gasteiger partial charge is 0.480 e. The molecule has 0 radical (unpaired) electrons. The Bertz CT molecular complexity index is 1580. The van der Waals surface area contributed by atoms with E-state index >= 15 is 0 Å². The molecule has 1 N–H and O–H groups in total. The van der Waals surface area contributed by atoms with Gasteiger partial charge in [-0.2, -0.15) is 10.2 Å². The molecule has 7 rings (SSSR count). The van der Waals surface area contributed by atoms with Crippen LogP contribution in [0.3, 0.4) is 0 Å². The molecule has 3 fully saturated rings. The maximum atomic E-state index is 13.2. The number of piperidine rings is 1. The summed E-state index contributed by atoms with van der Waals surface area (Å²) in [5.74, 6) is -0.968. The van der Waals surface area contributed by atoms with E-state index in [1.54, 1.807) is 9.58 Å². The number of likely N-dealkylation sites (tertiary alicyclic amines) is 1. The average molecular weight is 761 g/mol. The summed E-state index contributed by atoms with van der Waals surface area (Å²) < 4.78 is 14.7. The van der Waals surface area contributed by atoms with Crippen LogP contribution in [0.5, 0.6) is 0 Å². The van der Waals surface area contributed by atoms with Gasteiger partial charge in [-0.1, -0.05) is 15.9 Å². The van der Waals surface area contributed by atoms with E-state index in [0.29, 0.717) is 42.4 Å². The molecule has 0 saturated carbocycles. The molecule has 4 atom stereocenters. The first-order valence-corrected chi connectivity index (χ1v) is 19.0. The van der Waals surface area contributed by atoms with Gasteiger partial charge in [-0.3, -0.25) is 28.5 Å². The Balaban J connectivity index is 0.000000178. The molecule has 5 aliphatic rings. The summed E-state index contributed by atoms with van der Waals surface area (Å²) in [4.78, 5) is 55.8. The third-order valence-corrected chi connectivity index (χ3v) is 11.1. The van der Waals surface area contributed by atoms with E-state index in [-0.39, 0.29) is 55.2 Å². The van der Waals surface area contributed by atoms with Crippen molar-refractivity contribution in [1.82, 2.24) is 34.3 Å². The number of hydrogen-bond donors (Lipinski definition) is 1. The molecule has 0 unspecified atom stereocenters. The van der Waals surface area contributed by atoms with Crippen LogP contribution in [0.25, 0.3) is 0 Å². The zero-order valence-electron chi connectivity index (χ0n) is 29.6. The second kappa shape index (κ2) is 15.5. The molecular formula is C35H50BrN7O7. The SMILES string of the molecule is C[C@@H]1CN(C(=O)c2nn(CC(=O)N3CCC(Br)CC3)c3c2CCC3)C[C@H](C)O1.C[C@@H]1CN(C(=O)c2nn(CC(=O)O)c3c2CCC3)C[C@H](C)O1. The number of nitrogens with zero attached hydrogens (tertiary/aromatic N) is 7. The Labute approximate surface area is 301 Å². The van der Waals surface area contributed by atoms with Gasteiger partial charge < -0.3 is 29.3 Å². The highest BCUT2D eigenvalue weighted by Crippen LogP contribution is 2.29. The minimum absolute atomic E-state index is 0.00172. The molecule has 2 aromatic rings. The van der Waals surface area contributed by atoms with E-state index in [2.05, 4.69) is 26.1 Å². The van der Waals surface area contributed by atoms with Crippen LogP contribution in [0.15, 0.2) is 0 Å². The molecule has 3 amide bonds. The fraction of sp³-hybridized carbons (Fsp3) is 0.714. The highest BCUT2D eigenvalue weighted by molar-refractivity contribution is 9.09. The second-order valence-electron chi connectivity index (χ2n) is 14.5. The number of carbonyl (C=O) groups excluding carboxylic acids is 3. The number of rotatable bonds is 6. The van der Waals surface area contributed by atoms with Crippen molar-refractivity contribution in [3.8, 4) is 0 Å². The van der Waals surface area contributed by atoms with E-state index in [4.69, 9.17) is 14.6 Å². The number of carboxylic acids is 1. The maximum Gasteiger partial charge on any atom is 0.325 e. The molecule has 14 nitrogen and oxygen atoms in total. The van der Waals surface area contributed by atoms with Crippen molar-refractivity contribution in [3.05, 3.63) is 33.9 Å². The number of fused-ring (bicyclic) bond motifs is 2. The predicted octanol–water partition coefficient (Wildman–Crippen LogP) is 2.71. The zero-order chi connectivity index (χ0) is 35.7. The summed E-state index contributed by atoms with van der Waals surface area (Å²) in [6.45, 7) is 11.8. The van der Waals surface area contributed by atoms with Crippen molar-refractivity contribution in [2.45, 2.75) is 121 Å². The minimum atomic E-state index is -0.940. The molecule has 0 aromatic carbocycles. The van der Waals surface area contributed by atoms with Crippen LogP contribution in [-0.2, 0) is 57.8 Å². The average Bonchev–Trinajstić information content (AvgIpc) is 3.85. The van der Waals surface area contributed by atoms with Crippen LogP contribution < -0.4 is 0 Å². The number of ether oxygens (including phenoxy) is 2. The van der Waals surface area contributed by atoms with Crippen molar-refractivity contribution in [1.29, 1.82) is 0 Å². The first-order valence-electron chi connectivity index (χ1n) is 18.1.